The second-order valence-electron chi connectivity index (χ2n) is 8.62. The molecule has 0 amide bonds. The van der Waals surface area contributed by atoms with Gasteiger partial charge in [-0.1, -0.05) is 30.3 Å². The summed E-state index contributed by atoms with van der Waals surface area (Å²) in [6.45, 7) is 5.55. The first kappa shape index (κ1) is 18.3. The average Bonchev–Trinajstić information content (AvgIpc) is 3.36. The Morgan fingerprint density at radius 3 is 2.38 bits per heavy atom. The molecule has 0 unspecified atom stereocenters. The molecular weight excluding hydrogens is 360 g/mol. The number of rotatable bonds is 5. The topological polar surface area (TPSA) is 58.9 Å². The number of anilines is 1. The zero-order valence-electron chi connectivity index (χ0n) is 17.1. The van der Waals surface area contributed by atoms with Crippen molar-refractivity contribution in [1.29, 1.82) is 0 Å². The Kier molecular flexibility index (Phi) is 4.79. The lowest BCUT2D eigenvalue weighted by Crippen LogP contribution is -2.25. The third-order valence-corrected chi connectivity index (χ3v) is 6.46. The molecule has 1 aromatic carbocycles. The maximum absolute atomic E-state index is 4.43. The smallest absolute Gasteiger partial charge is 0.148 e. The fourth-order valence-electron chi connectivity index (χ4n) is 5.15. The van der Waals surface area contributed by atoms with E-state index >= 15 is 0 Å². The first-order valence-corrected chi connectivity index (χ1v) is 10.5. The monoisotopic (exact) mass is 388 g/mol. The number of nitrogens with one attached hydrogen (secondary N) is 1. The fraction of sp³-hybridized carbons (Fsp3) is 0.435. The molecule has 1 N–H and O–H groups in total. The van der Waals surface area contributed by atoms with Crippen LogP contribution in [-0.2, 0) is 13.6 Å². The van der Waals surface area contributed by atoms with Crippen LogP contribution in [0.5, 0.6) is 0 Å². The van der Waals surface area contributed by atoms with Crippen LogP contribution in [0.4, 0.5) is 5.82 Å². The van der Waals surface area contributed by atoms with Crippen molar-refractivity contribution in [3.8, 4) is 11.4 Å². The lowest BCUT2D eigenvalue weighted by atomic mass is 10.0. The number of benzene rings is 1. The molecule has 0 bridgehead atoms. The van der Waals surface area contributed by atoms with Gasteiger partial charge in [0, 0.05) is 32.7 Å². The minimum absolute atomic E-state index is 0.502. The van der Waals surface area contributed by atoms with Crippen LogP contribution in [0.15, 0.2) is 48.7 Å². The molecule has 150 valence electrons. The summed E-state index contributed by atoms with van der Waals surface area (Å²) < 4.78 is 1.85. The predicted octanol–water partition coefficient (Wildman–Crippen LogP) is 3.51. The molecule has 2 fully saturated rings. The molecule has 6 nitrogen and oxygen atoms in total. The highest BCUT2D eigenvalue weighted by atomic mass is 15.3. The Balaban J connectivity index is 1.17. The third-order valence-electron chi connectivity index (χ3n) is 6.46. The van der Waals surface area contributed by atoms with Crippen LogP contribution in [0, 0.1) is 18.8 Å². The Hall–Kier alpha value is -2.73. The second-order valence-corrected chi connectivity index (χ2v) is 8.62. The maximum atomic E-state index is 4.43. The van der Waals surface area contributed by atoms with Gasteiger partial charge in [-0.05, 0) is 54.9 Å². The second kappa shape index (κ2) is 7.59. The van der Waals surface area contributed by atoms with E-state index in [1.807, 2.05) is 30.1 Å². The van der Waals surface area contributed by atoms with Gasteiger partial charge in [0.2, 0.25) is 0 Å². The molecule has 0 radical (unpaired) electrons. The molecule has 1 saturated carbocycles. The Bertz CT molecular complexity index is 931. The number of nitrogens with zero attached hydrogens (tertiary/aromatic N) is 5. The van der Waals surface area contributed by atoms with Gasteiger partial charge in [-0.15, -0.1) is 10.2 Å². The van der Waals surface area contributed by atoms with Crippen molar-refractivity contribution >= 4 is 5.82 Å². The number of fused-ring (bicyclic) bond motifs is 1. The van der Waals surface area contributed by atoms with Crippen LogP contribution in [0.3, 0.4) is 0 Å². The van der Waals surface area contributed by atoms with E-state index in [1.54, 1.807) is 0 Å². The molecule has 29 heavy (non-hydrogen) atoms. The van der Waals surface area contributed by atoms with Gasteiger partial charge in [0.25, 0.3) is 0 Å². The van der Waals surface area contributed by atoms with Crippen molar-refractivity contribution < 1.29 is 0 Å². The molecule has 5 rings (SSSR count). The standard InChI is InChI=1S/C23H28N6/c1-16-12-24-28(2)23(16)21-8-9-22(27-26-21)25-20-10-18-14-29(15-19(18)11-20)13-17-6-4-3-5-7-17/h3-9,12,18-20H,10-11,13-15H2,1-2H3,(H,25,27)/t18-,19+,20-. The van der Waals surface area contributed by atoms with Crippen molar-refractivity contribution in [2.75, 3.05) is 18.4 Å². The third kappa shape index (κ3) is 3.77. The van der Waals surface area contributed by atoms with Crippen LogP contribution in [-0.4, -0.2) is 44.0 Å². The fourth-order valence-corrected chi connectivity index (χ4v) is 5.15. The highest BCUT2D eigenvalue weighted by molar-refractivity contribution is 5.59. The van der Waals surface area contributed by atoms with E-state index in [4.69, 9.17) is 0 Å². The highest BCUT2D eigenvalue weighted by Crippen LogP contribution is 2.39. The number of aromatic nitrogens is 4. The van der Waals surface area contributed by atoms with Crippen molar-refractivity contribution in [1.82, 2.24) is 24.9 Å². The minimum atomic E-state index is 0.502. The van der Waals surface area contributed by atoms with Gasteiger partial charge in [0.05, 0.1) is 11.9 Å². The Morgan fingerprint density at radius 1 is 1.00 bits per heavy atom. The molecule has 3 atom stereocenters. The molecule has 0 spiro atoms. The molecule has 3 aromatic rings. The predicted molar refractivity (Wildman–Crippen MR) is 114 cm³/mol. The number of likely N-dealkylation sites (tertiary alicyclic amines) is 1. The summed E-state index contributed by atoms with van der Waals surface area (Å²) >= 11 is 0. The maximum Gasteiger partial charge on any atom is 0.148 e. The van der Waals surface area contributed by atoms with E-state index < -0.39 is 0 Å². The van der Waals surface area contributed by atoms with Gasteiger partial charge in [-0.2, -0.15) is 5.10 Å². The van der Waals surface area contributed by atoms with Crippen LogP contribution < -0.4 is 5.32 Å². The van der Waals surface area contributed by atoms with Gasteiger partial charge < -0.3 is 5.32 Å². The summed E-state index contributed by atoms with van der Waals surface area (Å²) in [5, 5.41) is 16.8. The molecule has 3 heterocycles. The van der Waals surface area contributed by atoms with Gasteiger partial charge in [-0.3, -0.25) is 9.58 Å². The van der Waals surface area contributed by atoms with Crippen molar-refractivity contribution in [2.24, 2.45) is 18.9 Å². The number of hydrogen-bond donors (Lipinski definition) is 1. The minimum Gasteiger partial charge on any atom is -0.366 e. The van der Waals surface area contributed by atoms with Crippen LogP contribution in [0.1, 0.15) is 24.0 Å². The average molecular weight is 389 g/mol. The summed E-state index contributed by atoms with van der Waals surface area (Å²) in [7, 11) is 1.94. The van der Waals surface area contributed by atoms with Crippen molar-refractivity contribution in [2.45, 2.75) is 32.4 Å². The van der Waals surface area contributed by atoms with Gasteiger partial charge >= 0.3 is 0 Å². The normalized spacial score (nSPS) is 24.0. The van der Waals surface area contributed by atoms with Crippen molar-refractivity contribution in [3.63, 3.8) is 0 Å². The first-order valence-electron chi connectivity index (χ1n) is 10.5. The van der Waals surface area contributed by atoms with E-state index in [2.05, 4.69) is 62.8 Å². The van der Waals surface area contributed by atoms with Gasteiger partial charge in [0.1, 0.15) is 11.5 Å². The molecule has 1 aliphatic heterocycles. The van der Waals surface area contributed by atoms with Crippen LogP contribution in [0.25, 0.3) is 11.4 Å². The molecule has 1 saturated heterocycles. The van der Waals surface area contributed by atoms with E-state index in [0.29, 0.717) is 6.04 Å². The molecule has 2 aliphatic rings. The Morgan fingerprint density at radius 2 is 1.76 bits per heavy atom. The number of aryl methyl sites for hydroxylation is 2. The van der Waals surface area contributed by atoms with Gasteiger partial charge in [-0.25, -0.2) is 0 Å². The van der Waals surface area contributed by atoms with Gasteiger partial charge in [0.15, 0.2) is 0 Å². The van der Waals surface area contributed by atoms with Crippen LogP contribution in [0.2, 0.25) is 0 Å². The van der Waals surface area contributed by atoms with E-state index in [9.17, 15) is 0 Å². The zero-order valence-corrected chi connectivity index (χ0v) is 17.1. The summed E-state index contributed by atoms with van der Waals surface area (Å²) in [6, 6.07) is 15.4. The quantitative estimate of drug-likeness (QED) is 0.725. The van der Waals surface area contributed by atoms with E-state index in [1.165, 1.54) is 31.5 Å². The van der Waals surface area contributed by atoms with E-state index in [0.717, 1.165) is 41.1 Å². The molecular formula is C23H28N6. The lowest BCUT2D eigenvalue weighted by Gasteiger charge is -2.20. The first-order chi connectivity index (χ1) is 14.2. The number of hydrogen-bond acceptors (Lipinski definition) is 5. The molecule has 6 heteroatoms. The van der Waals surface area contributed by atoms with Crippen molar-refractivity contribution in [3.05, 3.63) is 59.8 Å². The lowest BCUT2D eigenvalue weighted by molar-refractivity contribution is 0.301. The Labute approximate surface area is 172 Å². The highest BCUT2D eigenvalue weighted by Gasteiger charge is 2.40. The summed E-state index contributed by atoms with van der Waals surface area (Å²) in [6.07, 6.45) is 4.31. The SMILES string of the molecule is Cc1cnn(C)c1-c1ccc(N[C@@H]2C[C@@H]3CN(Cc4ccccc4)C[C@@H]3C2)nn1. The molecule has 1 aliphatic carbocycles. The molecule has 2 aromatic heterocycles. The van der Waals surface area contributed by atoms with E-state index in [-0.39, 0.29) is 0 Å². The summed E-state index contributed by atoms with van der Waals surface area (Å²) in [5.74, 6) is 2.46. The zero-order chi connectivity index (χ0) is 19.8. The van der Waals surface area contributed by atoms with Crippen LogP contribution >= 0.6 is 0 Å². The summed E-state index contributed by atoms with van der Waals surface area (Å²) in [4.78, 5) is 2.62. The largest absolute Gasteiger partial charge is 0.366 e. The summed E-state index contributed by atoms with van der Waals surface area (Å²) in [5.41, 5.74) is 4.43.